The van der Waals surface area contributed by atoms with Crippen molar-refractivity contribution >= 4 is 40.2 Å². The molecule has 7 heteroatoms. The summed E-state index contributed by atoms with van der Waals surface area (Å²) >= 11 is 6.23. The molecule has 32 heavy (non-hydrogen) atoms. The molecule has 1 unspecified atom stereocenters. The van der Waals surface area contributed by atoms with Crippen LogP contribution in [-0.4, -0.2) is 34.3 Å². The molecule has 0 radical (unpaired) electrons. The number of nitrogens with one attached hydrogen (secondary N) is 1. The molecule has 2 amide bonds. The van der Waals surface area contributed by atoms with Gasteiger partial charge in [-0.1, -0.05) is 36.9 Å². The highest BCUT2D eigenvalue weighted by Gasteiger charge is 2.38. The lowest BCUT2D eigenvalue weighted by Gasteiger charge is -2.31. The van der Waals surface area contributed by atoms with E-state index in [1.807, 2.05) is 30.0 Å². The van der Waals surface area contributed by atoms with Gasteiger partial charge in [0.25, 0.3) is 0 Å². The van der Waals surface area contributed by atoms with Crippen molar-refractivity contribution < 1.29 is 14.0 Å². The summed E-state index contributed by atoms with van der Waals surface area (Å²) in [5.41, 5.74) is 3.72. The second-order valence-corrected chi connectivity index (χ2v) is 9.30. The Balaban J connectivity index is 1.29. The Morgan fingerprint density at radius 2 is 1.97 bits per heavy atom. The first kappa shape index (κ1) is 21.0. The highest BCUT2D eigenvalue weighted by atomic mass is 35.5. The SMILES string of the molecule is Cc1ccc(-c2nc3cc(NC(=O)C4CC(=O)N(C5CCCCC5)C4)ccc3o2)cc1Cl. The lowest BCUT2D eigenvalue weighted by Crippen LogP contribution is -2.38. The first-order chi connectivity index (χ1) is 15.5. The number of nitrogens with zero attached hydrogens (tertiary/aromatic N) is 2. The van der Waals surface area contributed by atoms with E-state index in [-0.39, 0.29) is 24.2 Å². The number of halogens is 1. The lowest BCUT2D eigenvalue weighted by atomic mass is 9.94. The zero-order valence-corrected chi connectivity index (χ0v) is 18.8. The molecule has 0 bridgehead atoms. The van der Waals surface area contributed by atoms with Gasteiger partial charge in [0, 0.05) is 35.3 Å². The first-order valence-electron chi connectivity index (χ1n) is 11.3. The molecule has 2 aromatic carbocycles. The molecule has 1 N–H and O–H groups in total. The molecule has 2 heterocycles. The molecule has 5 rings (SSSR count). The Bertz CT molecular complexity index is 1180. The summed E-state index contributed by atoms with van der Waals surface area (Å²) < 4.78 is 5.87. The number of aryl methyl sites for hydroxylation is 1. The zero-order valence-electron chi connectivity index (χ0n) is 18.1. The minimum Gasteiger partial charge on any atom is -0.436 e. The standard InChI is InChI=1S/C25H26ClN3O3/c1-15-7-8-16(11-20(15)26)25-28-21-13-18(9-10-22(21)32-25)27-24(31)17-12-23(30)29(14-17)19-5-3-2-4-6-19/h7-11,13,17,19H,2-6,12,14H2,1H3,(H,27,31). The number of anilines is 1. The Kier molecular flexibility index (Phi) is 5.64. The van der Waals surface area contributed by atoms with E-state index >= 15 is 0 Å². The van der Waals surface area contributed by atoms with Crippen molar-refractivity contribution in [2.75, 3.05) is 11.9 Å². The number of hydrogen-bond donors (Lipinski definition) is 1. The van der Waals surface area contributed by atoms with Crippen LogP contribution in [0.3, 0.4) is 0 Å². The third kappa shape index (κ3) is 4.11. The normalized spacial score (nSPS) is 19.6. The van der Waals surface area contributed by atoms with Crippen LogP contribution in [0.2, 0.25) is 5.02 Å². The van der Waals surface area contributed by atoms with Crippen LogP contribution in [0.15, 0.2) is 40.8 Å². The second kappa shape index (κ2) is 8.58. The van der Waals surface area contributed by atoms with Crippen LogP contribution in [0.5, 0.6) is 0 Å². The Labute approximate surface area is 191 Å². The Hall–Kier alpha value is -2.86. The minimum absolute atomic E-state index is 0.102. The number of aromatic nitrogens is 1. The number of oxazole rings is 1. The molecule has 3 aromatic rings. The highest BCUT2D eigenvalue weighted by Crippen LogP contribution is 2.31. The first-order valence-corrected chi connectivity index (χ1v) is 11.6. The highest BCUT2D eigenvalue weighted by molar-refractivity contribution is 6.31. The zero-order chi connectivity index (χ0) is 22.2. The van der Waals surface area contributed by atoms with Crippen LogP contribution in [0, 0.1) is 12.8 Å². The third-order valence-corrected chi connectivity index (χ3v) is 7.03. The number of benzene rings is 2. The maximum absolute atomic E-state index is 12.9. The summed E-state index contributed by atoms with van der Waals surface area (Å²) in [5.74, 6) is 0.146. The molecule has 1 atom stereocenters. The van der Waals surface area contributed by atoms with E-state index in [0.717, 1.165) is 24.0 Å². The summed E-state index contributed by atoms with van der Waals surface area (Å²) in [4.78, 5) is 31.9. The summed E-state index contributed by atoms with van der Waals surface area (Å²) in [6.45, 7) is 2.46. The molecular weight excluding hydrogens is 426 g/mol. The average Bonchev–Trinajstić information content (AvgIpc) is 3.39. The van der Waals surface area contributed by atoms with E-state index in [1.54, 1.807) is 18.2 Å². The number of amides is 2. The number of rotatable bonds is 4. The van der Waals surface area contributed by atoms with Gasteiger partial charge in [0.1, 0.15) is 5.52 Å². The lowest BCUT2D eigenvalue weighted by molar-refractivity contribution is -0.130. The van der Waals surface area contributed by atoms with E-state index in [9.17, 15) is 9.59 Å². The van der Waals surface area contributed by atoms with Gasteiger partial charge in [-0.2, -0.15) is 0 Å². The smallest absolute Gasteiger partial charge is 0.229 e. The summed E-state index contributed by atoms with van der Waals surface area (Å²) in [6, 6.07) is 11.4. The quantitative estimate of drug-likeness (QED) is 0.562. The van der Waals surface area contributed by atoms with E-state index in [1.165, 1.54) is 19.3 Å². The molecular formula is C25H26ClN3O3. The third-order valence-electron chi connectivity index (χ3n) is 6.62. The minimum atomic E-state index is -0.317. The van der Waals surface area contributed by atoms with Crippen LogP contribution in [-0.2, 0) is 9.59 Å². The van der Waals surface area contributed by atoms with Gasteiger partial charge in [-0.3, -0.25) is 9.59 Å². The summed E-state index contributed by atoms with van der Waals surface area (Å²) in [7, 11) is 0. The van der Waals surface area contributed by atoms with Crippen molar-refractivity contribution in [2.24, 2.45) is 5.92 Å². The second-order valence-electron chi connectivity index (χ2n) is 8.89. The Morgan fingerprint density at radius 3 is 2.75 bits per heavy atom. The van der Waals surface area contributed by atoms with Gasteiger partial charge in [-0.05, 0) is 55.7 Å². The maximum Gasteiger partial charge on any atom is 0.229 e. The molecule has 166 valence electrons. The van der Waals surface area contributed by atoms with Gasteiger partial charge in [-0.25, -0.2) is 4.98 Å². The predicted octanol–water partition coefficient (Wildman–Crippen LogP) is 5.58. The van der Waals surface area contributed by atoms with E-state index in [4.69, 9.17) is 16.0 Å². The monoisotopic (exact) mass is 451 g/mol. The molecule has 6 nitrogen and oxygen atoms in total. The largest absolute Gasteiger partial charge is 0.436 e. The average molecular weight is 452 g/mol. The van der Waals surface area contributed by atoms with Gasteiger partial charge >= 0.3 is 0 Å². The fraction of sp³-hybridized carbons (Fsp3) is 0.400. The number of hydrogen-bond acceptors (Lipinski definition) is 4. The number of likely N-dealkylation sites (tertiary alicyclic amines) is 1. The van der Waals surface area contributed by atoms with Crippen LogP contribution in [0.4, 0.5) is 5.69 Å². The van der Waals surface area contributed by atoms with Crippen molar-refractivity contribution in [2.45, 2.75) is 51.5 Å². The van der Waals surface area contributed by atoms with Gasteiger partial charge in [0.05, 0.1) is 5.92 Å². The molecule has 1 saturated carbocycles. The Morgan fingerprint density at radius 1 is 1.16 bits per heavy atom. The maximum atomic E-state index is 12.9. The molecule has 1 saturated heterocycles. The van der Waals surface area contributed by atoms with Crippen LogP contribution in [0.1, 0.15) is 44.1 Å². The molecule has 1 aromatic heterocycles. The number of carbonyl (C=O) groups is 2. The summed E-state index contributed by atoms with van der Waals surface area (Å²) in [5, 5.41) is 3.62. The molecule has 2 aliphatic rings. The van der Waals surface area contributed by atoms with Gasteiger partial charge < -0.3 is 14.6 Å². The summed E-state index contributed by atoms with van der Waals surface area (Å²) in [6.07, 6.45) is 5.97. The fourth-order valence-electron chi connectivity index (χ4n) is 4.75. The number of carbonyl (C=O) groups excluding carboxylic acids is 2. The topological polar surface area (TPSA) is 75.4 Å². The molecule has 2 fully saturated rings. The van der Waals surface area contributed by atoms with Gasteiger partial charge in [0.15, 0.2) is 5.58 Å². The van der Waals surface area contributed by atoms with Crippen LogP contribution in [0.25, 0.3) is 22.6 Å². The van der Waals surface area contributed by atoms with E-state index < -0.39 is 0 Å². The van der Waals surface area contributed by atoms with E-state index in [2.05, 4.69) is 10.3 Å². The molecule has 1 aliphatic carbocycles. The van der Waals surface area contributed by atoms with Crippen molar-refractivity contribution in [3.05, 3.63) is 47.0 Å². The van der Waals surface area contributed by atoms with Crippen molar-refractivity contribution in [3.8, 4) is 11.5 Å². The van der Waals surface area contributed by atoms with Crippen molar-refractivity contribution in [3.63, 3.8) is 0 Å². The van der Waals surface area contributed by atoms with Crippen molar-refractivity contribution in [1.29, 1.82) is 0 Å². The molecule has 0 spiro atoms. The van der Waals surface area contributed by atoms with Crippen LogP contribution >= 0.6 is 11.6 Å². The predicted molar refractivity (Wildman–Crippen MR) is 125 cm³/mol. The van der Waals surface area contributed by atoms with E-state index in [0.29, 0.717) is 40.3 Å². The molecule has 1 aliphatic heterocycles. The number of fused-ring (bicyclic) bond motifs is 1. The van der Waals surface area contributed by atoms with Gasteiger partial charge in [-0.15, -0.1) is 0 Å². The fourth-order valence-corrected chi connectivity index (χ4v) is 4.93. The van der Waals surface area contributed by atoms with Crippen LogP contribution < -0.4 is 5.32 Å². The van der Waals surface area contributed by atoms with Gasteiger partial charge in [0.2, 0.25) is 17.7 Å². The van der Waals surface area contributed by atoms with Crippen molar-refractivity contribution in [1.82, 2.24) is 9.88 Å².